The molecule has 2 heterocycles. The Morgan fingerprint density at radius 2 is 1.86 bits per heavy atom. The summed E-state index contributed by atoms with van der Waals surface area (Å²) in [5, 5.41) is 10.3. The number of hydrogen-bond donors (Lipinski definition) is 1. The smallest absolute Gasteiger partial charge is 0.381 e. The summed E-state index contributed by atoms with van der Waals surface area (Å²) in [6, 6.07) is 4.53. The molecule has 1 aliphatic heterocycles. The minimum absolute atomic E-state index is 0.0207. The summed E-state index contributed by atoms with van der Waals surface area (Å²) in [4.78, 5) is 15.9. The van der Waals surface area contributed by atoms with Gasteiger partial charge < -0.3 is 15.0 Å². The van der Waals surface area contributed by atoms with Crippen LogP contribution in [0.4, 0.5) is 13.2 Å². The number of nitrogens with zero attached hydrogens (tertiary/aromatic N) is 4. The van der Waals surface area contributed by atoms with Gasteiger partial charge in [-0.25, -0.2) is 0 Å². The summed E-state index contributed by atoms with van der Waals surface area (Å²) < 4.78 is 47.5. The third kappa shape index (κ3) is 5.53. The van der Waals surface area contributed by atoms with Gasteiger partial charge in [-0.15, -0.1) is 10.2 Å². The standard InChI is InChI=1S/C25H34F3N5O2/c1-17(2)24(7-4-21(13-24)32(3)20-5-8-35-9-6-20)23(34)29-14-18-10-19(25(26,27)28)12-22(11-18)33-15-30-31-16-33/h10-12,15-17,20-21H,4-9,13-14H2,1-3H3,(H,29,34)/t21-,24+/m1/s1. The van der Waals surface area contributed by atoms with Crippen molar-refractivity contribution < 1.29 is 22.7 Å². The van der Waals surface area contributed by atoms with E-state index in [0.29, 0.717) is 23.3 Å². The van der Waals surface area contributed by atoms with Crippen LogP contribution in [0, 0.1) is 11.3 Å². The van der Waals surface area contributed by atoms with Gasteiger partial charge in [-0.3, -0.25) is 9.36 Å². The van der Waals surface area contributed by atoms with Gasteiger partial charge in [0.05, 0.1) is 11.0 Å². The zero-order chi connectivity index (χ0) is 25.2. The zero-order valence-corrected chi connectivity index (χ0v) is 20.5. The molecule has 2 aliphatic rings. The molecule has 1 N–H and O–H groups in total. The highest BCUT2D eigenvalue weighted by Gasteiger charge is 2.49. The van der Waals surface area contributed by atoms with Gasteiger partial charge in [0.25, 0.3) is 0 Å². The molecule has 2 aromatic rings. The van der Waals surface area contributed by atoms with E-state index in [1.54, 1.807) is 6.07 Å². The van der Waals surface area contributed by atoms with Crippen LogP contribution in [0.2, 0.25) is 0 Å². The predicted molar refractivity (Wildman–Crippen MR) is 125 cm³/mol. The van der Waals surface area contributed by atoms with Crippen LogP contribution in [0.3, 0.4) is 0 Å². The molecular formula is C25H34F3N5O2. The molecular weight excluding hydrogens is 459 g/mol. The van der Waals surface area contributed by atoms with Gasteiger partial charge in [-0.1, -0.05) is 13.8 Å². The lowest BCUT2D eigenvalue weighted by molar-refractivity contribution is -0.137. The first-order valence-corrected chi connectivity index (χ1v) is 12.2. The number of aromatic nitrogens is 3. The zero-order valence-electron chi connectivity index (χ0n) is 20.5. The minimum Gasteiger partial charge on any atom is -0.381 e. The molecule has 4 rings (SSSR count). The van der Waals surface area contributed by atoms with Crippen molar-refractivity contribution >= 4 is 5.91 Å². The second kappa shape index (κ2) is 10.3. The first-order chi connectivity index (χ1) is 16.6. The summed E-state index contributed by atoms with van der Waals surface area (Å²) in [5.74, 6) is 0.0309. The van der Waals surface area contributed by atoms with E-state index in [2.05, 4.69) is 41.3 Å². The van der Waals surface area contributed by atoms with Gasteiger partial charge in [-0.2, -0.15) is 13.2 Å². The van der Waals surface area contributed by atoms with Crippen molar-refractivity contribution in [1.29, 1.82) is 0 Å². The predicted octanol–water partition coefficient (Wildman–Crippen LogP) is 4.21. The van der Waals surface area contributed by atoms with Crippen LogP contribution in [0.15, 0.2) is 30.9 Å². The molecule has 2 fully saturated rings. The second-order valence-electron chi connectivity index (χ2n) is 10.2. The third-order valence-electron chi connectivity index (χ3n) is 7.90. The van der Waals surface area contributed by atoms with Gasteiger partial charge in [0.15, 0.2) is 0 Å². The van der Waals surface area contributed by atoms with Crippen LogP contribution >= 0.6 is 0 Å². The number of nitrogens with one attached hydrogen (secondary N) is 1. The molecule has 1 saturated heterocycles. The van der Waals surface area contributed by atoms with Gasteiger partial charge in [0.2, 0.25) is 5.91 Å². The molecule has 7 nitrogen and oxygen atoms in total. The average Bonchev–Trinajstić information content (AvgIpc) is 3.53. The van der Waals surface area contributed by atoms with E-state index in [9.17, 15) is 18.0 Å². The highest BCUT2D eigenvalue weighted by Crippen LogP contribution is 2.46. The molecule has 0 unspecified atom stereocenters. The second-order valence-corrected chi connectivity index (χ2v) is 10.2. The lowest BCUT2D eigenvalue weighted by Gasteiger charge is -2.37. The van der Waals surface area contributed by atoms with E-state index in [0.717, 1.165) is 57.5 Å². The van der Waals surface area contributed by atoms with Gasteiger partial charge >= 0.3 is 6.18 Å². The van der Waals surface area contributed by atoms with Crippen LogP contribution < -0.4 is 5.32 Å². The number of alkyl halides is 3. The number of halogens is 3. The van der Waals surface area contributed by atoms with E-state index >= 15 is 0 Å². The number of ether oxygens (including phenoxy) is 1. The Balaban J connectivity index is 1.49. The summed E-state index contributed by atoms with van der Waals surface area (Å²) in [7, 11) is 2.14. The third-order valence-corrected chi connectivity index (χ3v) is 7.90. The average molecular weight is 494 g/mol. The van der Waals surface area contributed by atoms with E-state index in [1.807, 2.05) is 0 Å². The van der Waals surface area contributed by atoms with Crippen LogP contribution in [0.25, 0.3) is 5.69 Å². The Labute approximate surface area is 204 Å². The number of carbonyl (C=O) groups excluding carboxylic acids is 1. The molecule has 2 atom stereocenters. The number of benzene rings is 1. The Morgan fingerprint density at radius 1 is 1.17 bits per heavy atom. The van der Waals surface area contributed by atoms with E-state index < -0.39 is 17.2 Å². The van der Waals surface area contributed by atoms with Crippen molar-refractivity contribution in [2.45, 2.75) is 70.8 Å². The molecule has 0 radical (unpaired) electrons. The molecule has 0 bridgehead atoms. The molecule has 10 heteroatoms. The highest BCUT2D eigenvalue weighted by atomic mass is 19.4. The number of amides is 1. The van der Waals surface area contributed by atoms with Crippen LogP contribution in [-0.2, 0) is 22.3 Å². The number of rotatable bonds is 7. The maximum Gasteiger partial charge on any atom is 0.416 e. The molecule has 35 heavy (non-hydrogen) atoms. The Bertz CT molecular complexity index is 1010. The van der Waals surface area contributed by atoms with E-state index in [4.69, 9.17) is 4.74 Å². The maximum absolute atomic E-state index is 13.5. The normalized spacial score (nSPS) is 23.8. The molecule has 192 valence electrons. The van der Waals surface area contributed by atoms with Crippen LogP contribution in [0.1, 0.15) is 57.1 Å². The van der Waals surface area contributed by atoms with Crippen LogP contribution in [0.5, 0.6) is 0 Å². The van der Waals surface area contributed by atoms with Gasteiger partial charge in [-0.05, 0) is 68.8 Å². The first kappa shape index (κ1) is 25.6. The molecule has 1 aromatic heterocycles. The molecule has 1 amide bonds. The van der Waals surface area contributed by atoms with Crippen molar-refractivity contribution in [2.24, 2.45) is 11.3 Å². The maximum atomic E-state index is 13.5. The lowest BCUT2D eigenvalue weighted by atomic mass is 9.74. The molecule has 0 spiro atoms. The molecule has 1 saturated carbocycles. The lowest BCUT2D eigenvalue weighted by Crippen LogP contribution is -2.46. The fourth-order valence-electron chi connectivity index (χ4n) is 5.56. The van der Waals surface area contributed by atoms with Gasteiger partial charge in [0, 0.05) is 37.5 Å². The number of carbonyl (C=O) groups is 1. The fraction of sp³-hybridized carbons (Fsp3) is 0.640. The highest BCUT2D eigenvalue weighted by molar-refractivity contribution is 5.83. The Hall–Kier alpha value is -2.46. The van der Waals surface area contributed by atoms with E-state index in [1.165, 1.54) is 17.2 Å². The Morgan fingerprint density at radius 3 is 2.49 bits per heavy atom. The number of hydrogen-bond acceptors (Lipinski definition) is 5. The van der Waals surface area contributed by atoms with Crippen molar-refractivity contribution in [1.82, 2.24) is 25.0 Å². The van der Waals surface area contributed by atoms with Crippen LogP contribution in [-0.4, -0.2) is 57.9 Å². The quantitative estimate of drug-likeness (QED) is 0.626. The SMILES string of the molecule is CC(C)[C@]1(C(=O)NCc2cc(-n3cnnc3)cc(C(F)(F)F)c2)CC[C@@H](N(C)C2CCOCC2)C1. The fourth-order valence-corrected chi connectivity index (χ4v) is 5.56. The summed E-state index contributed by atoms with van der Waals surface area (Å²) in [5.41, 5.74) is -0.634. The molecule has 1 aliphatic carbocycles. The summed E-state index contributed by atoms with van der Waals surface area (Å²) in [6.07, 6.45) is 2.63. The Kier molecular flexibility index (Phi) is 7.51. The minimum atomic E-state index is -4.50. The van der Waals surface area contributed by atoms with Crippen molar-refractivity contribution in [2.75, 3.05) is 20.3 Å². The van der Waals surface area contributed by atoms with Crippen molar-refractivity contribution in [3.63, 3.8) is 0 Å². The monoisotopic (exact) mass is 493 g/mol. The van der Waals surface area contributed by atoms with Crippen molar-refractivity contribution in [3.8, 4) is 5.69 Å². The van der Waals surface area contributed by atoms with E-state index in [-0.39, 0.29) is 18.4 Å². The first-order valence-electron chi connectivity index (χ1n) is 12.2. The summed E-state index contributed by atoms with van der Waals surface area (Å²) >= 11 is 0. The topological polar surface area (TPSA) is 72.3 Å². The van der Waals surface area contributed by atoms with Crippen molar-refractivity contribution in [3.05, 3.63) is 42.0 Å². The largest absolute Gasteiger partial charge is 0.416 e. The summed E-state index contributed by atoms with van der Waals surface area (Å²) in [6.45, 7) is 5.68. The van der Waals surface area contributed by atoms with Gasteiger partial charge in [0.1, 0.15) is 12.7 Å². The molecule has 1 aromatic carbocycles.